The standard InChI is InChI=1S/C12H15BrN2O3/c1-12(11(17)14-2)5-6-15(7-12)10(16)8-3-4-9(13)18-8/h3-4H,5-7H2,1-2H3,(H,14,17). The van der Waals surface area contributed by atoms with Gasteiger partial charge >= 0.3 is 0 Å². The third-order valence-corrected chi connectivity index (χ3v) is 3.75. The van der Waals surface area contributed by atoms with E-state index in [1.165, 1.54) is 0 Å². The average molecular weight is 315 g/mol. The fourth-order valence-electron chi connectivity index (χ4n) is 2.21. The lowest BCUT2D eigenvalue weighted by atomic mass is 9.89. The fraction of sp³-hybridized carbons (Fsp3) is 0.500. The van der Waals surface area contributed by atoms with E-state index in [4.69, 9.17) is 4.42 Å². The number of amides is 2. The molecule has 1 N–H and O–H groups in total. The van der Waals surface area contributed by atoms with Crippen molar-refractivity contribution in [2.24, 2.45) is 5.41 Å². The molecular formula is C12H15BrN2O3. The van der Waals surface area contributed by atoms with Gasteiger partial charge < -0.3 is 14.6 Å². The molecule has 1 aromatic rings. The molecule has 2 heterocycles. The SMILES string of the molecule is CNC(=O)C1(C)CCN(C(=O)c2ccc(Br)o2)C1. The lowest BCUT2D eigenvalue weighted by Gasteiger charge is -2.22. The Labute approximate surface area is 114 Å². The number of rotatable bonds is 2. The summed E-state index contributed by atoms with van der Waals surface area (Å²) in [7, 11) is 1.61. The van der Waals surface area contributed by atoms with Gasteiger partial charge in [0.1, 0.15) is 0 Å². The Bertz CT molecular complexity index is 485. The molecule has 98 valence electrons. The minimum absolute atomic E-state index is 0.0292. The van der Waals surface area contributed by atoms with E-state index in [9.17, 15) is 9.59 Å². The van der Waals surface area contributed by atoms with E-state index in [-0.39, 0.29) is 11.8 Å². The van der Waals surface area contributed by atoms with E-state index in [0.717, 1.165) is 0 Å². The Morgan fingerprint density at radius 3 is 2.78 bits per heavy atom. The monoisotopic (exact) mass is 314 g/mol. The highest BCUT2D eigenvalue weighted by molar-refractivity contribution is 9.10. The first-order chi connectivity index (χ1) is 8.46. The second-order valence-corrected chi connectivity index (χ2v) is 5.50. The topological polar surface area (TPSA) is 62.6 Å². The van der Waals surface area contributed by atoms with Crippen LogP contribution < -0.4 is 5.32 Å². The summed E-state index contributed by atoms with van der Waals surface area (Å²) in [6, 6.07) is 3.31. The Morgan fingerprint density at radius 2 is 2.22 bits per heavy atom. The van der Waals surface area contributed by atoms with Gasteiger partial charge in [0.05, 0.1) is 5.41 Å². The van der Waals surface area contributed by atoms with Crippen molar-refractivity contribution in [1.29, 1.82) is 0 Å². The van der Waals surface area contributed by atoms with E-state index in [2.05, 4.69) is 21.2 Å². The number of carbonyl (C=O) groups is 2. The number of carbonyl (C=O) groups excluding carboxylic acids is 2. The van der Waals surface area contributed by atoms with Crippen LogP contribution in [-0.2, 0) is 4.79 Å². The smallest absolute Gasteiger partial charge is 0.289 e. The van der Waals surface area contributed by atoms with Crippen LogP contribution in [0.2, 0.25) is 0 Å². The van der Waals surface area contributed by atoms with Crippen LogP contribution in [0.25, 0.3) is 0 Å². The predicted octanol–water partition coefficient (Wildman–Crippen LogP) is 1.64. The summed E-state index contributed by atoms with van der Waals surface area (Å²) in [5.74, 6) is 0.0924. The Kier molecular flexibility index (Phi) is 3.47. The fourth-order valence-corrected chi connectivity index (χ4v) is 2.51. The minimum atomic E-state index is -0.506. The van der Waals surface area contributed by atoms with E-state index >= 15 is 0 Å². The quantitative estimate of drug-likeness (QED) is 0.902. The maximum absolute atomic E-state index is 12.1. The maximum Gasteiger partial charge on any atom is 0.289 e. The molecule has 0 aliphatic carbocycles. The molecule has 1 aliphatic heterocycles. The number of nitrogens with one attached hydrogen (secondary N) is 1. The van der Waals surface area contributed by atoms with Crippen LogP contribution in [0.4, 0.5) is 0 Å². The van der Waals surface area contributed by atoms with E-state index in [1.54, 1.807) is 24.1 Å². The van der Waals surface area contributed by atoms with Crippen molar-refractivity contribution in [3.8, 4) is 0 Å². The molecule has 18 heavy (non-hydrogen) atoms. The predicted molar refractivity (Wildman–Crippen MR) is 69.1 cm³/mol. The van der Waals surface area contributed by atoms with Gasteiger partial charge in [0.2, 0.25) is 5.91 Å². The van der Waals surface area contributed by atoms with E-state index < -0.39 is 5.41 Å². The number of hydrogen-bond acceptors (Lipinski definition) is 3. The zero-order valence-corrected chi connectivity index (χ0v) is 11.9. The molecule has 0 spiro atoms. The number of likely N-dealkylation sites (tertiary alicyclic amines) is 1. The molecule has 0 saturated carbocycles. The molecule has 6 heteroatoms. The summed E-state index contributed by atoms with van der Waals surface area (Å²) in [4.78, 5) is 25.6. The lowest BCUT2D eigenvalue weighted by Crippen LogP contribution is -2.40. The van der Waals surface area contributed by atoms with Crippen LogP contribution in [0.15, 0.2) is 21.2 Å². The molecule has 1 aliphatic rings. The first-order valence-electron chi connectivity index (χ1n) is 5.73. The van der Waals surface area contributed by atoms with Gasteiger partial charge in [-0.15, -0.1) is 0 Å². The minimum Gasteiger partial charge on any atom is -0.444 e. The molecule has 1 unspecified atom stereocenters. The summed E-state index contributed by atoms with van der Waals surface area (Å²) in [6.07, 6.45) is 0.667. The van der Waals surface area contributed by atoms with Crippen molar-refractivity contribution >= 4 is 27.7 Å². The van der Waals surface area contributed by atoms with Gasteiger partial charge in [0, 0.05) is 20.1 Å². The molecule has 0 radical (unpaired) electrons. The normalized spacial score (nSPS) is 23.2. The number of halogens is 1. The molecule has 0 bridgehead atoms. The number of hydrogen-bond donors (Lipinski definition) is 1. The van der Waals surface area contributed by atoms with Gasteiger partial charge in [-0.3, -0.25) is 9.59 Å². The van der Waals surface area contributed by atoms with Crippen molar-refractivity contribution in [3.63, 3.8) is 0 Å². The van der Waals surface area contributed by atoms with Crippen molar-refractivity contribution in [1.82, 2.24) is 10.2 Å². The Balaban J connectivity index is 2.09. The molecule has 2 rings (SSSR count). The molecule has 1 fully saturated rings. The molecule has 0 aromatic carbocycles. The Morgan fingerprint density at radius 1 is 1.50 bits per heavy atom. The van der Waals surface area contributed by atoms with Crippen molar-refractivity contribution < 1.29 is 14.0 Å². The third kappa shape index (κ3) is 2.29. The summed E-state index contributed by atoms with van der Waals surface area (Å²) in [5.41, 5.74) is -0.506. The first kappa shape index (κ1) is 13.1. The highest BCUT2D eigenvalue weighted by Gasteiger charge is 2.42. The lowest BCUT2D eigenvalue weighted by molar-refractivity contribution is -0.128. The molecular weight excluding hydrogens is 300 g/mol. The number of nitrogens with zero attached hydrogens (tertiary/aromatic N) is 1. The summed E-state index contributed by atoms with van der Waals surface area (Å²) in [5, 5.41) is 2.64. The maximum atomic E-state index is 12.1. The van der Waals surface area contributed by atoms with Gasteiger partial charge in [0.25, 0.3) is 5.91 Å². The van der Waals surface area contributed by atoms with Gasteiger partial charge in [-0.1, -0.05) is 0 Å². The zero-order chi connectivity index (χ0) is 13.3. The van der Waals surface area contributed by atoms with Gasteiger partial charge in [-0.25, -0.2) is 0 Å². The van der Waals surface area contributed by atoms with Crippen LogP contribution in [-0.4, -0.2) is 36.9 Å². The van der Waals surface area contributed by atoms with Gasteiger partial charge in [-0.2, -0.15) is 0 Å². The molecule has 1 aromatic heterocycles. The molecule has 1 saturated heterocycles. The van der Waals surface area contributed by atoms with Crippen molar-refractivity contribution in [2.45, 2.75) is 13.3 Å². The number of furan rings is 1. The van der Waals surface area contributed by atoms with Gasteiger partial charge in [-0.05, 0) is 41.4 Å². The summed E-state index contributed by atoms with van der Waals surface area (Å²) >= 11 is 3.16. The second-order valence-electron chi connectivity index (χ2n) is 4.72. The third-order valence-electron chi connectivity index (χ3n) is 3.32. The highest BCUT2D eigenvalue weighted by Crippen LogP contribution is 2.31. The zero-order valence-electron chi connectivity index (χ0n) is 10.3. The second kappa shape index (κ2) is 4.76. The average Bonchev–Trinajstić information content (AvgIpc) is 2.95. The molecule has 1 atom stereocenters. The van der Waals surface area contributed by atoms with Gasteiger partial charge in [0.15, 0.2) is 10.4 Å². The Hall–Kier alpha value is -1.30. The first-order valence-corrected chi connectivity index (χ1v) is 6.52. The van der Waals surface area contributed by atoms with E-state index in [0.29, 0.717) is 29.9 Å². The van der Waals surface area contributed by atoms with Crippen LogP contribution in [0.1, 0.15) is 23.9 Å². The van der Waals surface area contributed by atoms with Crippen LogP contribution >= 0.6 is 15.9 Å². The van der Waals surface area contributed by atoms with E-state index in [1.807, 2.05) is 6.92 Å². The highest BCUT2D eigenvalue weighted by atomic mass is 79.9. The summed E-state index contributed by atoms with van der Waals surface area (Å²) < 4.78 is 5.76. The molecule has 2 amide bonds. The van der Waals surface area contributed by atoms with Crippen LogP contribution in [0, 0.1) is 5.41 Å². The van der Waals surface area contributed by atoms with Crippen molar-refractivity contribution in [2.75, 3.05) is 20.1 Å². The van der Waals surface area contributed by atoms with Crippen LogP contribution in [0.3, 0.4) is 0 Å². The van der Waals surface area contributed by atoms with Crippen molar-refractivity contribution in [3.05, 3.63) is 22.6 Å². The summed E-state index contributed by atoms with van der Waals surface area (Å²) in [6.45, 7) is 2.86. The largest absolute Gasteiger partial charge is 0.444 e. The molecule has 5 nitrogen and oxygen atoms in total. The van der Waals surface area contributed by atoms with Crippen LogP contribution in [0.5, 0.6) is 0 Å².